The smallest absolute Gasteiger partial charge is 0.465 e. The lowest BCUT2D eigenvalue weighted by Gasteiger charge is -2.32. The summed E-state index contributed by atoms with van der Waals surface area (Å²) in [7, 11) is 1.04. The van der Waals surface area contributed by atoms with Crippen molar-refractivity contribution in [1.29, 1.82) is 0 Å². The predicted octanol–water partition coefficient (Wildman–Crippen LogP) is 2.59. The number of allylic oxidation sites excluding steroid dienone is 1. The van der Waals surface area contributed by atoms with Gasteiger partial charge in [-0.25, -0.2) is 0 Å². The molecule has 1 aliphatic heterocycles. The molecule has 0 amide bonds. The fourth-order valence-electron chi connectivity index (χ4n) is 1.82. The minimum Gasteiger partial charge on any atom is -0.469 e. The van der Waals surface area contributed by atoms with E-state index in [9.17, 15) is 4.79 Å². The summed E-state index contributed by atoms with van der Waals surface area (Å²) in [6.07, 6.45) is 2.75. The number of carbonyl (C=O) groups is 1. The molecule has 1 saturated heterocycles. The van der Waals surface area contributed by atoms with E-state index in [-0.39, 0.29) is 30.1 Å². The minimum absolute atomic E-state index is 0.00912. The van der Waals surface area contributed by atoms with Crippen LogP contribution in [0.15, 0.2) is 12.7 Å². The van der Waals surface area contributed by atoms with Gasteiger partial charge in [-0.15, -0.1) is 6.58 Å². The first-order valence-corrected chi connectivity index (χ1v) is 6.28. The van der Waals surface area contributed by atoms with Crippen molar-refractivity contribution in [2.45, 2.75) is 57.6 Å². The van der Waals surface area contributed by atoms with Crippen LogP contribution in [0.1, 0.15) is 40.5 Å². The van der Waals surface area contributed by atoms with E-state index in [0.29, 0.717) is 12.8 Å². The molecule has 1 heterocycles. The molecule has 1 atom stereocenters. The lowest BCUT2D eigenvalue weighted by Crippen LogP contribution is -2.41. The fraction of sp³-hybridized carbons (Fsp3) is 0.769. The minimum atomic E-state index is -0.357. The van der Waals surface area contributed by atoms with Gasteiger partial charge in [0.1, 0.15) is 0 Å². The molecule has 0 spiro atoms. The van der Waals surface area contributed by atoms with Crippen molar-refractivity contribution in [3.05, 3.63) is 12.7 Å². The van der Waals surface area contributed by atoms with E-state index in [1.54, 1.807) is 6.08 Å². The Morgan fingerprint density at radius 1 is 1.33 bits per heavy atom. The van der Waals surface area contributed by atoms with Crippen LogP contribution in [0.5, 0.6) is 0 Å². The Bertz CT molecular complexity index is 309. The van der Waals surface area contributed by atoms with Crippen LogP contribution in [0.2, 0.25) is 5.82 Å². The Kier molecular flexibility index (Phi) is 4.62. The van der Waals surface area contributed by atoms with Crippen molar-refractivity contribution >= 4 is 13.1 Å². The van der Waals surface area contributed by atoms with Gasteiger partial charge < -0.3 is 14.0 Å². The maximum Gasteiger partial charge on any atom is 0.465 e. The topological polar surface area (TPSA) is 44.8 Å². The Morgan fingerprint density at radius 2 is 1.83 bits per heavy atom. The third kappa shape index (κ3) is 3.15. The molecular weight excluding hydrogens is 231 g/mol. The van der Waals surface area contributed by atoms with Gasteiger partial charge in [-0.1, -0.05) is 6.08 Å². The van der Waals surface area contributed by atoms with Gasteiger partial charge in [0.15, 0.2) is 0 Å². The second kappa shape index (κ2) is 5.45. The van der Waals surface area contributed by atoms with Gasteiger partial charge in [-0.05, 0) is 34.1 Å². The number of carbonyl (C=O) groups excluding carboxylic acids is 1. The van der Waals surface area contributed by atoms with E-state index < -0.39 is 0 Å². The van der Waals surface area contributed by atoms with Gasteiger partial charge in [0.05, 0.1) is 18.3 Å². The molecule has 0 saturated carbocycles. The summed E-state index contributed by atoms with van der Waals surface area (Å²) in [4.78, 5) is 11.2. The summed E-state index contributed by atoms with van der Waals surface area (Å²) in [5.41, 5.74) is -0.714. The van der Waals surface area contributed by atoms with Gasteiger partial charge >= 0.3 is 13.1 Å². The van der Waals surface area contributed by atoms with Crippen LogP contribution in [0.25, 0.3) is 0 Å². The SMILES string of the molecule is C=C[C@H](CCC(=O)OC)B1OC(C)(C)C(C)(C)O1. The maximum atomic E-state index is 11.2. The molecular formula is C13H23BO4. The molecule has 1 rings (SSSR count). The van der Waals surface area contributed by atoms with Crippen molar-refractivity contribution in [2.75, 3.05) is 7.11 Å². The molecule has 0 bridgehead atoms. The molecule has 102 valence electrons. The van der Waals surface area contributed by atoms with Gasteiger partial charge in [-0.3, -0.25) is 4.79 Å². The molecule has 1 fully saturated rings. The van der Waals surface area contributed by atoms with Gasteiger partial charge in [0.2, 0.25) is 0 Å². The van der Waals surface area contributed by atoms with E-state index in [1.165, 1.54) is 7.11 Å². The molecule has 0 aromatic carbocycles. The molecule has 1 aliphatic rings. The average Bonchev–Trinajstić information content (AvgIpc) is 2.48. The van der Waals surface area contributed by atoms with Crippen LogP contribution in [0.3, 0.4) is 0 Å². The number of hydrogen-bond donors (Lipinski definition) is 0. The molecule has 0 aliphatic carbocycles. The van der Waals surface area contributed by atoms with Crippen molar-refractivity contribution in [3.63, 3.8) is 0 Å². The zero-order valence-corrected chi connectivity index (χ0v) is 12.0. The molecule has 0 N–H and O–H groups in total. The van der Waals surface area contributed by atoms with E-state index in [1.807, 2.05) is 27.7 Å². The quantitative estimate of drug-likeness (QED) is 0.429. The molecule has 0 unspecified atom stereocenters. The predicted molar refractivity (Wildman–Crippen MR) is 71.3 cm³/mol. The van der Waals surface area contributed by atoms with E-state index >= 15 is 0 Å². The van der Waals surface area contributed by atoms with Crippen molar-refractivity contribution in [2.24, 2.45) is 0 Å². The highest BCUT2D eigenvalue weighted by molar-refractivity contribution is 6.48. The van der Waals surface area contributed by atoms with Gasteiger partial charge in [0, 0.05) is 12.2 Å². The molecule has 18 heavy (non-hydrogen) atoms. The molecule has 5 heteroatoms. The normalized spacial score (nSPS) is 22.6. The average molecular weight is 254 g/mol. The lowest BCUT2D eigenvalue weighted by molar-refractivity contribution is -0.140. The highest BCUT2D eigenvalue weighted by atomic mass is 16.7. The zero-order valence-electron chi connectivity index (χ0n) is 12.0. The van der Waals surface area contributed by atoms with Crippen molar-refractivity contribution in [3.8, 4) is 0 Å². The Labute approximate surface area is 110 Å². The summed E-state index contributed by atoms with van der Waals surface area (Å²) in [5.74, 6) is -0.233. The number of methoxy groups -OCH3 is 1. The molecule has 4 nitrogen and oxygen atoms in total. The highest BCUT2D eigenvalue weighted by Gasteiger charge is 2.53. The Morgan fingerprint density at radius 3 is 2.22 bits per heavy atom. The Hall–Kier alpha value is -0.805. The van der Waals surface area contributed by atoms with Gasteiger partial charge in [0.25, 0.3) is 0 Å². The summed E-state index contributed by atoms with van der Waals surface area (Å²) in [6.45, 7) is 11.8. The van der Waals surface area contributed by atoms with Crippen LogP contribution >= 0.6 is 0 Å². The molecule has 0 radical (unpaired) electrons. The van der Waals surface area contributed by atoms with Crippen LogP contribution < -0.4 is 0 Å². The zero-order chi connectivity index (χ0) is 14.0. The third-order valence-corrected chi connectivity index (χ3v) is 3.83. The van der Waals surface area contributed by atoms with Crippen molar-refractivity contribution in [1.82, 2.24) is 0 Å². The first-order valence-electron chi connectivity index (χ1n) is 6.28. The van der Waals surface area contributed by atoms with E-state index in [2.05, 4.69) is 11.3 Å². The van der Waals surface area contributed by atoms with Crippen LogP contribution in [0, 0.1) is 0 Å². The highest BCUT2D eigenvalue weighted by Crippen LogP contribution is 2.41. The molecule has 0 aromatic rings. The van der Waals surface area contributed by atoms with Crippen LogP contribution in [-0.2, 0) is 18.8 Å². The summed E-state index contributed by atoms with van der Waals surface area (Å²) in [5, 5.41) is 0. The van der Waals surface area contributed by atoms with Gasteiger partial charge in [-0.2, -0.15) is 0 Å². The van der Waals surface area contributed by atoms with Crippen molar-refractivity contribution < 1.29 is 18.8 Å². The third-order valence-electron chi connectivity index (χ3n) is 3.83. The number of ether oxygens (including phenoxy) is 1. The first-order chi connectivity index (χ1) is 8.23. The fourth-order valence-corrected chi connectivity index (χ4v) is 1.82. The monoisotopic (exact) mass is 254 g/mol. The lowest BCUT2D eigenvalue weighted by atomic mass is 9.69. The summed E-state index contributed by atoms with van der Waals surface area (Å²) < 4.78 is 16.5. The molecule has 0 aromatic heterocycles. The number of rotatable bonds is 5. The van der Waals surface area contributed by atoms with Crippen LogP contribution in [-0.4, -0.2) is 31.4 Å². The van der Waals surface area contributed by atoms with Crippen LogP contribution in [0.4, 0.5) is 0 Å². The summed E-state index contributed by atoms with van der Waals surface area (Å²) >= 11 is 0. The second-order valence-electron chi connectivity index (χ2n) is 5.64. The summed E-state index contributed by atoms with van der Waals surface area (Å²) in [6, 6.07) is 0. The standard InChI is InChI=1S/C13H23BO4/c1-7-10(8-9-11(15)16-6)14-17-12(2,3)13(4,5)18-14/h7,10H,1,8-9H2,2-6H3/t10-/m1/s1. The Balaban J connectivity index is 2.63. The maximum absolute atomic E-state index is 11.2. The largest absolute Gasteiger partial charge is 0.469 e. The number of hydrogen-bond acceptors (Lipinski definition) is 4. The van der Waals surface area contributed by atoms with E-state index in [4.69, 9.17) is 9.31 Å². The van der Waals surface area contributed by atoms with E-state index in [0.717, 1.165) is 0 Å². The second-order valence-corrected chi connectivity index (χ2v) is 5.64. The first kappa shape index (κ1) is 15.3. The number of esters is 1.